The normalized spacial score (nSPS) is 35.8. The molecule has 1 nitrogen and oxygen atoms in total. The average Bonchev–Trinajstić information content (AvgIpc) is 2.19. The van der Waals surface area contributed by atoms with Crippen molar-refractivity contribution in [1.82, 2.24) is 5.32 Å². The Balaban J connectivity index is 1.72. The second-order valence-corrected chi connectivity index (χ2v) is 5.06. The molecule has 82 valence electrons. The molecule has 2 atom stereocenters. The third-order valence-corrected chi connectivity index (χ3v) is 3.84. The summed E-state index contributed by atoms with van der Waals surface area (Å²) in [5.74, 6) is 1.58. The van der Waals surface area contributed by atoms with Crippen LogP contribution in [0.2, 0.25) is 0 Å². The molecule has 0 aromatic rings. The van der Waals surface area contributed by atoms with Gasteiger partial charge in [-0.15, -0.1) is 0 Å². The topological polar surface area (TPSA) is 12.0 Å². The molecule has 1 saturated heterocycles. The molecular formula is C12H22FN. The van der Waals surface area contributed by atoms with Crippen LogP contribution in [0, 0.1) is 11.8 Å². The molecule has 1 aliphatic carbocycles. The van der Waals surface area contributed by atoms with E-state index in [1.165, 1.54) is 38.8 Å². The fraction of sp³-hybridized carbons (Fsp3) is 1.00. The molecule has 14 heavy (non-hydrogen) atoms. The Morgan fingerprint density at radius 2 is 1.79 bits per heavy atom. The van der Waals surface area contributed by atoms with E-state index >= 15 is 0 Å². The summed E-state index contributed by atoms with van der Waals surface area (Å²) in [6, 6.07) is 0. The molecule has 1 aliphatic heterocycles. The molecule has 2 aliphatic rings. The maximum atomic E-state index is 13.2. The zero-order valence-electron chi connectivity index (χ0n) is 8.97. The van der Waals surface area contributed by atoms with Gasteiger partial charge in [-0.05, 0) is 57.0 Å². The van der Waals surface area contributed by atoms with Gasteiger partial charge in [-0.25, -0.2) is 4.39 Å². The molecule has 1 saturated carbocycles. The van der Waals surface area contributed by atoms with E-state index in [0.29, 0.717) is 5.92 Å². The van der Waals surface area contributed by atoms with Gasteiger partial charge >= 0.3 is 0 Å². The quantitative estimate of drug-likeness (QED) is 0.721. The van der Waals surface area contributed by atoms with Gasteiger partial charge in [0, 0.05) is 0 Å². The molecule has 0 radical (unpaired) electrons. The Hall–Kier alpha value is -0.110. The number of hydrogen-bond donors (Lipinski definition) is 1. The number of alkyl halides is 1. The van der Waals surface area contributed by atoms with Crippen LogP contribution < -0.4 is 5.32 Å². The molecule has 0 bridgehead atoms. The molecule has 2 rings (SSSR count). The lowest BCUT2D eigenvalue weighted by atomic mass is 9.79. The van der Waals surface area contributed by atoms with E-state index < -0.39 is 6.17 Å². The molecule has 2 unspecified atom stereocenters. The highest BCUT2D eigenvalue weighted by molar-refractivity contribution is 4.77. The van der Waals surface area contributed by atoms with Crippen molar-refractivity contribution < 1.29 is 4.39 Å². The van der Waals surface area contributed by atoms with Crippen LogP contribution in [0.1, 0.15) is 44.9 Å². The average molecular weight is 199 g/mol. The molecule has 2 heteroatoms. The van der Waals surface area contributed by atoms with E-state index in [1.54, 1.807) is 0 Å². The Morgan fingerprint density at radius 3 is 2.50 bits per heavy atom. The summed E-state index contributed by atoms with van der Waals surface area (Å²) in [5, 5.41) is 3.39. The summed E-state index contributed by atoms with van der Waals surface area (Å²) in [5.41, 5.74) is 0. The second kappa shape index (κ2) is 5.11. The lowest BCUT2D eigenvalue weighted by Gasteiger charge is -2.30. The third-order valence-electron chi connectivity index (χ3n) is 3.84. The van der Waals surface area contributed by atoms with Crippen LogP contribution in [0.4, 0.5) is 4.39 Å². The highest BCUT2D eigenvalue weighted by atomic mass is 19.1. The summed E-state index contributed by atoms with van der Waals surface area (Å²) in [6.07, 6.45) is 7.51. The zero-order chi connectivity index (χ0) is 9.80. The van der Waals surface area contributed by atoms with Crippen LogP contribution in [0.5, 0.6) is 0 Å². The Morgan fingerprint density at radius 1 is 1.00 bits per heavy atom. The maximum absolute atomic E-state index is 13.2. The minimum absolute atomic E-state index is 0.490. The number of piperidine rings is 1. The smallest absolute Gasteiger partial charge is 0.100 e. The fourth-order valence-electron chi connectivity index (χ4n) is 3.03. The van der Waals surface area contributed by atoms with Gasteiger partial charge in [0.15, 0.2) is 0 Å². The molecule has 1 heterocycles. The van der Waals surface area contributed by atoms with Crippen LogP contribution in [-0.2, 0) is 0 Å². The minimum Gasteiger partial charge on any atom is -0.317 e. The van der Waals surface area contributed by atoms with Gasteiger partial charge in [0.1, 0.15) is 6.17 Å². The van der Waals surface area contributed by atoms with Crippen LogP contribution in [0.25, 0.3) is 0 Å². The van der Waals surface area contributed by atoms with E-state index in [1.807, 2.05) is 0 Å². The van der Waals surface area contributed by atoms with Crippen molar-refractivity contribution in [3.05, 3.63) is 0 Å². The molecule has 0 aromatic heterocycles. The standard InChI is InChI=1S/C12H22FN/c13-12-3-1-2-11(9-12)8-10-4-6-14-7-5-10/h10-12,14H,1-9H2. The first-order valence-electron chi connectivity index (χ1n) is 6.19. The SMILES string of the molecule is FC1CCCC(CC2CCNCC2)C1. The largest absolute Gasteiger partial charge is 0.317 e. The van der Waals surface area contributed by atoms with Gasteiger partial charge < -0.3 is 5.32 Å². The molecular weight excluding hydrogens is 177 g/mol. The number of nitrogens with one attached hydrogen (secondary N) is 1. The summed E-state index contributed by atoms with van der Waals surface area (Å²) < 4.78 is 13.2. The second-order valence-electron chi connectivity index (χ2n) is 5.06. The lowest BCUT2D eigenvalue weighted by Crippen LogP contribution is -2.29. The Labute approximate surface area is 86.5 Å². The van der Waals surface area contributed by atoms with Crippen LogP contribution in [0.3, 0.4) is 0 Å². The third kappa shape index (κ3) is 2.94. The van der Waals surface area contributed by atoms with Crippen molar-refractivity contribution in [3.8, 4) is 0 Å². The van der Waals surface area contributed by atoms with Crippen molar-refractivity contribution in [2.75, 3.05) is 13.1 Å². The first-order valence-corrected chi connectivity index (χ1v) is 6.19. The van der Waals surface area contributed by atoms with Crippen LogP contribution in [-0.4, -0.2) is 19.3 Å². The Kier molecular flexibility index (Phi) is 3.80. The van der Waals surface area contributed by atoms with E-state index in [4.69, 9.17) is 0 Å². The summed E-state index contributed by atoms with van der Waals surface area (Å²) in [4.78, 5) is 0. The van der Waals surface area contributed by atoms with E-state index in [-0.39, 0.29) is 0 Å². The van der Waals surface area contributed by atoms with Crippen molar-refractivity contribution >= 4 is 0 Å². The van der Waals surface area contributed by atoms with Gasteiger partial charge in [-0.1, -0.05) is 12.8 Å². The number of hydrogen-bond acceptors (Lipinski definition) is 1. The van der Waals surface area contributed by atoms with E-state index in [9.17, 15) is 4.39 Å². The highest BCUT2D eigenvalue weighted by Gasteiger charge is 2.24. The predicted molar refractivity (Wildman–Crippen MR) is 57.1 cm³/mol. The van der Waals surface area contributed by atoms with E-state index in [0.717, 1.165) is 25.2 Å². The maximum Gasteiger partial charge on any atom is 0.100 e. The van der Waals surface area contributed by atoms with Crippen molar-refractivity contribution in [1.29, 1.82) is 0 Å². The fourth-order valence-corrected chi connectivity index (χ4v) is 3.03. The van der Waals surface area contributed by atoms with Gasteiger partial charge in [0.25, 0.3) is 0 Å². The Bertz CT molecular complexity index is 166. The van der Waals surface area contributed by atoms with Crippen molar-refractivity contribution in [2.45, 2.75) is 51.1 Å². The molecule has 0 amide bonds. The number of halogens is 1. The number of rotatable bonds is 2. The van der Waals surface area contributed by atoms with Crippen LogP contribution in [0.15, 0.2) is 0 Å². The predicted octanol–water partition coefficient (Wildman–Crippen LogP) is 2.90. The zero-order valence-corrected chi connectivity index (χ0v) is 8.97. The molecule has 0 aromatic carbocycles. The molecule has 2 fully saturated rings. The van der Waals surface area contributed by atoms with Crippen molar-refractivity contribution in [2.24, 2.45) is 11.8 Å². The van der Waals surface area contributed by atoms with Gasteiger partial charge in [0.2, 0.25) is 0 Å². The van der Waals surface area contributed by atoms with Gasteiger partial charge in [-0.2, -0.15) is 0 Å². The van der Waals surface area contributed by atoms with Crippen molar-refractivity contribution in [3.63, 3.8) is 0 Å². The van der Waals surface area contributed by atoms with Crippen LogP contribution >= 0.6 is 0 Å². The molecule has 1 N–H and O–H groups in total. The monoisotopic (exact) mass is 199 g/mol. The first kappa shape index (κ1) is 10.4. The lowest BCUT2D eigenvalue weighted by molar-refractivity contribution is 0.168. The molecule has 0 spiro atoms. The first-order chi connectivity index (χ1) is 6.84. The summed E-state index contributed by atoms with van der Waals surface area (Å²) >= 11 is 0. The van der Waals surface area contributed by atoms with Gasteiger partial charge in [-0.3, -0.25) is 0 Å². The minimum atomic E-state index is -0.490. The highest BCUT2D eigenvalue weighted by Crippen LogP contribution is 2.33. The summed E-state index contributed by atoms with van der Waals surface area (Å²) in [6.45, 7) is 2.35. The summed E-state index contributed by atoms with van der Waals surface area (Å²) in [7, 11) is 0. The van der Waals surface area contributed by atoms with E-state index in [2.05, 4.69) is 5.32 Å². The van der Waals surface area contributed by atoms with Gasteiger partial charge in [0.05, 0.1) is 0 Å².